The molecule has 1 aromatic heterocycles. The van der Waals surface area contributed by atoms with Crippen molar-refractivity contribution in [1.29, 1.82) is 0 Å². The Hall–Kier alpha value is -12.6. The van der Waals surface area contributed by atoms with Crippen LogP contribution in [0.4, 0.5) is 0 Å². The van der Waals surface area contributed by atoms with Gasteiger partial charge in [-0.2, -0.15) is 0 Å². The van der Waals surface area contributed by atoms with Gasteiger partial charge >= 0.3 is 29.8 Å². The Kier molecular flexibility index (Phi) is 33.8. The predicted octanol–water partition coefficient (Wildman–Crippen LogP) is 33.3. The topological polar surface area (TPSA) is 175 Å². The number of thiophene rings is 1. The summed E-state index contributed by atoms with van der Waals surface area (Å²) in [4.78, 5) is 81.1. The zero-order chi connectivity index (χ0) is 106. The van der Waals surface area contributed by atoms with E-state index in [1.807, 2.05) is 194 Å². The summed E-state index contributed by atoms with van der Waals surface area (Å²) in [7, 11) is -4.76. The molecule has 0 spiro atoms. The van der Waals surface area contributed by atoms with Crippen LogP contribution >= 0.6 is 22.2 Å². The lowest BCUT2D eigenvalue weighted by Gasteiger charge is -2.60. The van der Waals surface area contributed by atoms with Gasteiger partial charge in [-0.05, 0) is 376 Å². The van der Waals surface area contributed by atoms with Crippen LogP contribution in [0.25, 0.3) is 25.1 Å². The van der Waals surface area contributed by atoms with Gasteiger partial charge in [-0.25, -0.2) is 8.42 Å². The Bertz CT molecular complexity index is 7320. The standard InChI is InChI=1S/C34H39O3S.C24H23O4S2.C24H23O2S2.C24H23O2S.C24H25O2S/c1-4-32(2,3)31(35)37-34-22-25-19-26(23-34)21-33(20-25,24-34)36-27-15-17-30(18-16-27)38(28-11-7-5-8-12-28)29-13-9-6-10-14-29;1-4-24(2,3)23(25)28-17-13-15-18(16-14-17)29-19-9-5-7-11-21(19)30(26,27)22-12-8-6-10-20(22)29;1-4-24(2,3)23(25)26-17-13-15-18(16-14-17)28-21-11-7-5-9-19(21)27-20-10-6-8-12-22(20)28;1-4-24(2,3)23(25)26-17-13-15-18(16-14-17)27-21-11-7-5-9-19(21)20-10-6-8-12-22(20)27;1-4-24(2,3)23(25)26-19-15-17-22(18-16-19)27(20-11-7-5-8-12-20)21-13-9-6-10-14-21/h5-18,25-26H,4,19-24H2,1-3H3;5-16H,4H2,1-3H3;5-16H,4H2,1-3H3;5-16H,4H2,1-3H3;5-18H,4H2,1-3H3/q5*+1. The molecule has 3 heterocycles. The fraction of sp³-hybridized carbons (Fsp3) is 0.269. The van der Waals surface area contributed by atoms with Gasteiger partial charge in [0, 0.05) is 39.8 Å². The monoisotopic (exact) mass is 2130 g/mol. The maximum Gasteiger partial charge on any atom is 0.316 e. The van der Waals surface area contributed by atoms with E-state index in [4.69, 9.17) is 28.4 Å². The van der Waals surface area contributed by atoms with Gasteiger partial charge in [0.2, 0.25) is 9.84 Å². The fourth-order valence-corrected chi connectivity index (χ4v) is 34.0. The predicted molar refractivity (Wildman–Crippen MR) is 611 cm³/mol. The molecule has 0 saturated heterocycles. The summed E-state index contributed by atoms with van der Waals surface area (Å²) in [6.07, 6.45) is 9.92. The molecule has 4 fully saturated rings. The lowest BCUT2D eigenvalue weighted by Crippen LogP contribution is -2.63. The molecule has 768 valence electrons. The van der Waals surface area contributed by atoms with E-state index in [2.05, 4.69) is 274 Å². The van der Waals surface area contributed by atoms with Gasteiger partial charge in [0.15, 0.2) is 73.0 Å². The number of carbonyl (C=O) groups is 5. The second-order valence-corrected chi connectivity index (χ2v) is 55.0. The minimum Gasteiger partial charge on any atom is -0.487 e. The van der Waals surface area contributed by atoms with Crippen LogP contribution in [0, 0.1) is 38.9 Å². The summed E-state index contributed by atoms with van der Waals surface area (Å²) in [5, 5.41) is 2.63. The van der Waals surface area contributed by atoms with Crippen molar-refractivity contribution in [2.45, 2.75) is 264 Å². The number of rotatable bonds is 26. The summed E-state index contributed by atoms with van der Waals surface area (Å²) < 4.78 is 64.6. The number of esters is 5. The van der Waals surface area contributed by atoms with Crippen LogP contribution < -0.4 is 23.7 Å². The molecule has 2 atom stereocenters. The van der Waals surface area contributed by atoms with E-state index in [0.29, 0.717) is 51.0 Å². The van der Waals surface area contributed by atoms with Crippen LogP contribution in [0.3, 0.4) is 0 Å². The van der Waals surface area contributed by atoms with Crippen LogP contribution in [0.15, 0.2) is 467 Å². The quantitative estimate of drug-likeness (QED) is 0.0284. The highest BCUT2D eigenvalue weighted by atomic mass is 32.2. The van der Waals surface area contributed by atoms with Crippen LogP contribution in [-0.2, 0) is 82.1 Å². The molecule has 20 heteroatoms. The highest BCUT2D eigenvalue weighted by Gasteiger charge is 2.62. The summed E-state index contributed by atoms with van der Waals surface area (Å²) in [6.45, 7) is 29.2. The van der Waals surface area contributed by atoms with E-state index in [9.17, 15) is 32.4 Å². The molecule has 22 rings (SSSR count). The largest absolute Gasteiger partial charge is 0.487 e. The highest BCUT2D eigenvalue weighted by molar-refractivity contribution is 8.04. The number of sulfone groups is 1. The number of carbonyl (C=O) groups excluding carboxylic acids is 5. The third kappa shape index (κ3) is 24.4. The van der Waals surface area contributed by atoms with E-state index in [1.54, 1.807) is 36.4 Å². The van der Waals surface area contributed by atoms with E-state index >= 15 is 0 Å². The van der Waals surface area contributed by atoms with E-state index < -0.39 is 47.8 Å². The Morgan fingerprint density at radius 1 is 0.300 bits per heavy atom. The lowest BCUT2D eigenvalue weighted by atomic mass is 9.52. The van der Waals surface area contributed by atoms with Crippen molar-refractivity contribution in [2.24, 2.45) is 38.9 Å². The Morgan fingerprint density at radius 3 is 0.913 bits per heavy atom. The Labute approximate surface area is 903 Å². The van der Waals surface area contributed by atoms with Crippen molar-refractivity contribution in [2.75, 3.05) is 0 Å². The van der Waals surface area contributed by atoms with Crippen molar-refractivity contribution in [3.8, 4) is 33.6 Å². The zero-order valence-corrected chi connectivity index (χ0v) is 93.8. The molecule has 0 amide bonds. The van der Waals surface area contributed by atoms with Crippen molar-refractivity contribution in [3.63, 3.8) is 0 Å². The molecule has 150 heavy (non-hydrogen) atoms. The highest BCUT2D eigenvalue weighted by Crippen LogP contribution is 2.61. The van der Waals surface area contributed by atoms with Gasteiger partial charge in [-0.1, -0.05) is 192 Å². The first-order valence-corrected chi connectivity index (χ1v) is 60.2. The minimum absolute atomic E-state index is 0.0460. The minimum atomic E-state index is -3.55. The van der Waals surface area contributed by atoms with Crippen molar-refractivity contribution < 1.29 is 60.8 Å². The smallest absolute Gasteiger partial charge is 0.316 e. The molecule has 15 aromatic carbocycles. The molecule has 0 radical (unpaired) electrons. The van der Waals surface area contributed by atoms with Crippen LogP contribution in [0.1, 0.15) is 174 Å². The van der Waals surface area contributed by atoms with Crippen LogP contribution in [0.5, 0.6) is 28.7 Å². The summed E-state index contributed by atoms with van der Waals surface area (Å²) in [5.74, 6) is 3.50. The molecular formula is C130H133O13S7+5. The van der Waals surface area contributed by atoms with E-state index in [-0.39, 0.29) is 84.2 Å². The van der Waals surface area contributed by atoms with E-state index in [0.717, 1.165) is 78.2 Å². The average molecular weight is 2130 g/mol. The zero-order valence-electron chi connectivity index (χ0n) is 88.0. The molecule has 6 aliphatic rings. The second kappa shape index (κ2) is 46.7. The molecule has 0 N–H and O–H groups in total. The fourth-order valence-electron chi connectivity index (χ4n) is 19.1. The van der Waals surface area contributed by atoms with E-state index in [1.165, 1.54) is 85.3 Å². The second-order valence-electron chi connectivity index (χ2n) is 42.1. The molecule has 4 saturated carbocycles. The molecule has 13 nitrogen and oxygen atoms in total. The average Bonchev–Trinajstić information content (AvgIpc) is 0.970. The first kappa shape index (κ1) is 109. The first-order valence-electron chi connectivity index (χ1n) is 51.8. The lowest BCUT2D eigenvalue weighted by molar-refractivity contribution is -0.219. The van der Waals surface area contributed by atoms with Crippen LogP contribution in [0.2, 0.25) is 0 Å². The molecular weight excluding hydrogens is 1990 g/mol. The van der Waals surface area contributed by atoms with Gasteiger partial charge in [-0.3, -0.25) is 24.0 Å². The van der Waals surface area contributed by atoms with Gasteiger partial charge in [0.1, 0.15) is 71.5 Å². The Morgan fingerprint density at radius 2 is 0.567 bits per heavy atom. The maximum absolute atomic E-state index is 13.1. The van der Waals surface area contributed by atoms with Crippen molar-refractivity contribution in [3.05, 3.63) is 388 Å². The number of hydrogen-bond donors (Lipinski definition) is 0. The van der Waals surface area contributed by atoms with Gasteiger partial charge < -0.3 is 28.4 Å². The Balaban J connectivity index is 0.000000128. The molecule has 2 unspecified atom stereocenters. The molecule has 16 aromatic rings. The number of fused-ring (bicyclic) bond motifs is 7. The number of ether oxygens (including phenoxy) is 6. The number of hydrogen-bond acceptors (Lipinski definition) is 14. The third-order valence-corrected chi connectivity index (χ3v) is 44.4. The SMILES string of the molecule is CCC(C)(C)C(=O)OC12CC3CC(C1)CC(Oc1ccc([S+](c4ccccc4)c4ccccc4)cc1)(C3)C2.CCC(C)(C)C(=O)Oc1ccc(-[s+]2c3ccccc3c3ccccc32)cc1.CCC(C)(C)C(=O)Oc1ccc([S+](c2ccccc2)c2ccccc2)cc1.CCC(C)(C)C(=O)Oc1ccc([S+]2c3ccccc3S(=O)(=O)c3ccccc32)cc1.CCC(C)(C)C(=O)Oc1ccc([S+]2c3ccccc3Sc3ccccc32)cc1. The number of benzene rings is 15. The van der Waals surface area contributed by atoms with Crippen molar-refractivity contribution >= 4 is 126 Å². The maximum atomic E-state index is 13.1. The van der Waals surface area contributed by atoms with Crippen LogP contribution in [-0.4, -0.2) is 49.5 Å². The summed E-state index contributed by atoms with van der Waals surface area (Å²) in [6, 6.07) is 131. The normalized spacial score (nSPS) is 16.8. The van der Waals surface area contributed by atoms with Gasteiger partial charge in [-0.15, -0.1) is 0 Å². The molecule has 4 aliphatic carbocycles. The third-order valence-electron chi connectivity index (χ3n) is 29.4. The molecule has 2 aliphatic heterocycles. The van der Waals surface area contributed by atoms with Gasteiger partial charge in [0.25, 0.3) is 0 Å². The van der Waals surface area contributed by atoms with Gasteiger partial charge in [0.05, 0.1) is 58.7 Å². The first-order chi connectivity index (χ1) is 72.1. The van der Waals surface area contributed by atoms with Crippen molar-refractivity contribution in [1.82, 2.24) is 0 Å². The summed E-state index contributed by atoms with van der Waals surface area (Å²) in [5.41, 5.74) is -3.00. The summed E-state index contributed by atoms with van der Waals surface area (Å²) >= 11 is 1.84. The molecule has 4 bridgehead atoms.